The Hall–Kier alpha value is -1.67. The van der Waals surface area contributed by atoms with Gasteiger partial charge >= 0.3 is 169 Å². The van der Waals surface area contributed by atoms with Crippen LogP contribution in [0.1, 0.15) is 199 Å². The van der Waals surface area contributed by atoms with Gasteiger partial charge in [0.2, 0.25) is 0 Å². The van der Waals surface area contributed by atoms with Crippen molar-refractivity contribution < 1.29 is 219 Å². The first-order valence-corrected chi connectivity index (χ1v) is 37.4. The summed E-state index contributed by atoms with van der Waals surface area (Å²) in [5.41, 5.74) is 8.53. The molecule has 3 aliphatic heterocycles. The van der Waals surface area contributed by atoms with Crippen LogP contribution >= 0.6 is 15.6 Å². The number of hydrogen-bond donors (Lipinski definition) is 0. The van der Waals surface area contributed by atoms with Crippen LogP contribution in [0.4, 0.5) is 50.4 Å². The van der Waals surface area contributed by atoms with E-state index in [1.807, 2.05) is 0 Å². The third-order valence-electron chi connectivity index (χ3n) is 16.3. The summed E-state index contributed by atoms with van der Waals surface area (Å²) in [6, 6.07) is 18.1. The average Bonchev–Trinajstić information content (AvgIpc) is 0.762. The number of fused-ring (bicyclic) bond motifs is 15. The molecule has 14 nitrogen and oxygen atoms in total. The zero-order chi connectivity index (χ0) is 70.5. The van der Waals surface area contributed by atoms with Crippen LogP contribution in [0.5, 0.6) is 46.0 Å². The molecule has 0 radical (unpaired) electrons. The number of halogens is 12. The van der Waals surface area contributed by atoms with E-state index in [0.29, 0.717) is 106 Å². The summed E-state index contributed by atoms with van der Waals surface area (Å²) < 4.78 is 209. The van der Waals surface area contributed by atoms with Gasteiger partial charge in [0.15, 0.2) is 0 Å². The van der Waals surface area contributed by atoms with Crippen molar-refractivity contribution in [3.63, 3.8) is 0 Å². The van der Waals surface area contributed by atoms with E-state index in [-0.39, 0.29) is 126 Å². The van der Waals surface area contributed by atoms with E-state index in [9.17, 15) is 50.4 Å². The Morgan fingerprint density at radius 2 is 0.439 bits per heavy atom. The van der Waals surface area contributed by atoms with Crippen molar-refractivity contribution in [3.05, 3.63) is 93.0 Å². The van der Waals surface area contributed by atoms with E-state index in [4.69, 9.17) is 66.3 Å². The third-order valence-corrected chi connectivity index (χ3v) is 16.3. The fourth-order valence-electron chi connectivity index (χ4n) is 12.0. The number of benzene rings is 4. The molecule has 4 aromatic rings. The van der Waals surface area contributed by atoms with E-state index in [2.05, 4.69) is 76.2 Å². The number of methoxy groups -OCH3 is 4. The third kappa shape index (κ3) is 34.5. The first-order chi connectivity index (χ1) is 45.3. The molecular formula is C68H100F12K2O14P2. The topological polar surface area (TPSA) is 129 Å². The Morgan fingerprint density at radius 1 is 0.276 bits per heavy atom. The molecule has 98 heavy (non-hydrogen) atoms. The van der Waals surface area contributed by atoms with Crippen molar-refractivity contribution >= 4 is 15.6 Å². The summed E-state index contributed by atoms with van der Waals surface area (Å²) in [4.78, 5) is 0. The van der Waals surface area contributed by atoms with Gasteiger partial charge in [-0.1, -0.05) is 105 Å². The number of ether oxygens (including phenoxy) is 14. The van der Waals surface area contributed by atoms with Crippen molar-refractivity contribution in [2.24, 2.45) is 0 Å². The normalized spacial score (nSPS) is 19.9. The van der Waals surface area contributed by atoms with Crippen LogP contribution in [-0.2, 0) is 28.4 Å². The molecule has 552 valence electrons. The summed E-state index contributed by atoms with van der Waals surface area (Å²) in [7, 11) is -14.2. The Balaban J connectivity index is 0.00000141. The summed E-state index contributed by atoms with van der Waals surface area (Å²) in [5, 5.41) is 0. The molecule has 10 bridgehead atoms. The second-order valence-corrected chi connectivity index (χ2v) is 27.5. The fourth-order valence-corrected chi connectivity index (χ4v) is 12.0. The monoisotopic (exact) mass is 1510 g/mol. The van der Waals surface area contributed by atoms with Crippen LogP contribution in [0.3, 0.4) is 0 Å². The SMILES string of the molecule is CCCCC[C@@H]1c2cc3c(cc2OC)OCCOCCOCCOCCOc2cc(OC)c(cc21)[C@@H](CCCCC)c1cc2c(OC)cc1OCCOCCOCCOCCOc1cc(OC)c(cc1[C@@H]2CCCCC)[C@H]3CCCCC.F[P-](F)(F)(F)(F)F.F[P-](F)(F)(F)(F)F.[K+].[K+]. The zero-order valence-corrected chi connectivity index (χ0v) is 66.7. The Bertz CT molecular complexity index is 2760. The van der Waals surface area contributed by atoms with E-state index < -0.39 is 15.6 Å². The number of unbranched alkanes of at least 4 members (excludes halogenated alkanes) is 8. The van der Waals surface area contributed by atoms with Gasteiger partial charge in [0.1, 0.15) is 72.4 Å². The molecule has 0 fully saturated rings. The molecule has 4 atom stereocenters. The summed E-state index contributed by atoms with van der Waals surface area (Å²) in [5.74, 6) is 5.30. The predicted octanol–water partition coefficient (Wildman–Crippen LogP) is 15.3. The van der Waals surface area contributed by atoms with Crippen LogP contribution in [0.25, 0.3) is 0 Å². The van der Waals surface area contributed by atoms with Gasteiger partial charge in [0.25, 0.3) is 0 Å². The van der Waals surface area contributed by atoms with Gasteiger partial charge in [-0.3, -0.25) is 0 Å². The minimum Gasteiger partial charge on any atom is 1.00 e. The molecule has 0 aromatic heterocycles. The van der Waals surface area contributed by atoms with E-state index in [1.165, 1.54) is 0 Å². The first-order valence-electron chi connectivity index (χ1n) is 33.3. The molecule has 4 aromatic carbocycles. The van der Waals surface area contributed by atoms with Gasteiger partial charge in [0, 0.05) is 92.4 Å². The molecule has 0 amide bonds. The van der Waals surface area contributed by atoms with Crippen LogP contribution < -0.4 is 141 Å². The second kappa shape index (κ2) is 41.9. The van der Waals surface area contributed by atoms with Crippen LogP contribution in [-0.4, -0.2) is 134 Å². The minimum absolute atomic E-state index is 0. The standard InChI is InChI=1S/C68H100O14.2F6P.2K/c1-9-13-17-21-49-53-41-59-52(24-20-16-12-4)56-44-58-50(22-18-14-10-2)54-42-60(68(46-62(54)70-6)82-40-36-78-32-28-74-26-30-76-34-38-80-66(58)48-64(56)72-8)51(23-19-15-11-3)55-43-57(49)65(47-63(55)71-7)79-37-33-75-29-25-73-27-31-77-35-39-81-67(59)45-61(53)69-5;2*1-7(2,3,4,5)6;;/h41-52H,9-40H2,1-8H3;;;;/q;2*-1;2*+1/t49-,50-,51-,52-;;;;/m1..../s1. The van der Waals surface area contributed by atoms with Gasteiger partial charge in [-0.2, -0.15) is 0 Å². The van der Waals surface area contributed by atoms with Crippen molar-refractivity contribution in [1.29, 1.82) is 0 Å². The maximum absolute atomic E-state index is 10.7. The summed E-state index contributed by atoms with van der Waals surface area (Å²) in [6.07, 6.45) is 15.8. The molecule has 0 saturated heterocycles. The van der Waals surface area contributed by atoms with Crippen molar-refractivity contribution in [2.45, 2.75) is 154 Å². The quantitative estimate of drug-likeness (QED) is 0.0274. The van der Waals surface area contributed by atoms with Gasteiger partial charge < -0.3 is 66.3 Å². The Labute approximate surface area is 655 Å². The summed E-state index contributed by atoms with van der Waals surface area (Å²) in [6.45, 7) is 15.5. The van der Waals surface area contributed by atoms with Crippen LogP contribution in [0, 0.1) is 0 Å². The van der Waals surface area contributed by atoms with E-state index in [0.717, 1.165) is 193 Å². The van der Waals surface area contributed by atoms with Crippen molar-refractivity contribution in [3.8, 4) is 46.0 Å². The van der Waals surface area contributed by atoms with Gasteiger partial charge in [-0.25, -0.2) is 0 Å². The summed E-state index contributed by atoms with van der Waals surface area (Å²) >= 11 is 0. The molecule has 1 aliphatic carbocycles. The van der Waals surface area contributed by atoms with E-state index in [1.54, 1.807) is 28.4 Å². The molecule has 3 heterocycles. The largest absolute Gasteiger partial charge is 1.00 e. The minimum atomic E-state index is -10.7. The Kier molecular flexibility index (Phi) is 38.7. The molecule has 0 unspecified atom stereocenters. The van der Waals surface area contributed by atoms with Crippen molar-refractivity contribution in [1.82, 2.24) is 0 Å². The molecule has 8 rings (SSSR count). The average molecular weight is 1510 g/mol. The second-order valence-electron chi connectivity index (χ2n) is 23.7. The number of rotatable bonds is 20. The molecular weight excluding hydrogens is 1410 g/mol. The first kappa shape index (κ1) is 90.5. The molecule has 0 spiro atoms. The van der Waals surface area contributed by atoms with Crippen LogP contribution in [0.15, 0.2) is 48.5 Å². The maximum Gasteiger partial charge on any atom is 1.00 e. The predicted molar refractivity (Wildman–Crippen MR) is 350 cm³/mol. The molecule has 0 N–H and O–H groups in total. The molecule has 0 saturated carbocycles. The molecule has 30 heteroatoms. The van der Waals surface area contributed by atoms with E-state index >= 15 is 0 Å². The number of hydrogen-bond acceptors (Lipinski definition) is 14. The van der Waals surface area contributed by atoms with Gasteiger partial charge in [-0.05, 0) is 49.9 Å². The van der Waals surface area contributed by atoms with Crippen LogP contribution in [0.2, 0.25) is 0 Å². The van der Waals surface area contributed by atoms with Gasteiger partial charge in [-0.15, -0.1) is 0 Å². The smallest absolute Gasteiger partial charge is 1.00 e. The zero-order valence-electron chi connectivity index (χ0n) is 58.7. The molecule has 4 aliphatic rings. The fraction of sp³-hybridized carbons (Fsp3) is 0.647. The maximum atomic E-state index is 9.87. The van der Waals surface area contributed by atoms with Crippen molar-refractivity contribution in [2.75, 3.05) is 134 Å². The Morgan fingerprint density at radius 3 is 0.592 bits per heavy atom. The van der Waals surface area contributed by atoms with Gasteiger partial charge in [0.05, 0.1) is 108 Å².